The molecular weight excluding hydrogens is 366 g/mol. The maximum absolute atomic E-state index is 12.4. The van der Waals surface area contributed by atoms with Gasteiger partial charge in [-0.3, -0.25) is 14.5 Å². The van der Waals surface area contributed by atoms with Gasteiger partial charge < -0.3 is 15.0 Å². The van der Waals surface area contributed by atoms with Crippen molar-refractivity contribution in [2.45, 2.75) is 6.54 Å². The Morgan fingerprint density at radius 3 is 2.52 bits per heavy atom. The van der Waals surface area contributed by atoms with Crippen LogP contribution in [0.2, 0.25) is 5.02 Å². The summed E-state index contributed by atoms with van der Waals surface area (Å²) in [6.45, 7) is 0.770. The monoisotopic (exact) mass is 389 g/mol. The number of carbonyl (C=O) groups excluding carboxylic acids is 2. The van der Waals surface area contributed by atoms with Crippen LogP contribution in [0.3, 0.4) is 0 Å². The molecule has 0 bridgehead atoms. The Morgan fingerprint density at radius 1 is 1.07 bits per heavy atom. The number of halogens is 1. The van der Waals surface area contributed by atoms with E-state index < -0.39 is 0 Å². The number of hydrogen-bond acceptors (Lipinski definition) is 4. The summed E-state index contributed by atoms with van der Waals surface area (Å²) < 4.78 is 5.13. The molecule has 0 heterocycles. The highest BCUT2D eigenvalue weighted by Crippen LogP contribution is 2.16. The van der Waals surface area contributed by atoms with Crippen LogP contribution in [0.1, 0.15) is 5.56 Å². The van der Waals surface area contributed by atoms with Crippen LogP contribution in [0.4, 0.5) is 5.69 Å². The number of amides is 2. The fourth-order valence-corrected chi connectivity index (χ4v) is 2.77. The van der Waals surface area contributed by atoms with E-state index in [4.69, 9.17) is 16.3 Å². The quantitative estimate of drug-likeness (QED) is 0.754. The molecule has 2 rings (SSSR count). The van der Waals surface area contributed by atoms with Crippen LogP contribution in [-0.2, 0) is 16.1 Å². The van der Waals surface area contributed by atoms with Crippen molar-refractivity contribution in [2.75, 3.05) is 39.6 Å². The summed E-state index contributed by atoms with van der Waals surface area (Å²) in [6, 6.07) is 14.6. The van der Waals surface area contributed by atoms with Crippen molar-refractivity contribution in [2.24, 2.45) is 0 Å². The van der Waals surface area contributed by atoms with Crippen LogP contribution in [0.5, 0.6) is 5.75 Å². The van der Waals surface area contributed by atoms with Crippen LogP contribution in [0.25, 0.3) is 0 Å². The van der Waals surface area contributed by atoms with Gasteiger partial charge in [-0.25, -0.2) is 0 Å². The second kappa shape index (κ2) is 9.94. The first-order valence-electron chi connectivity index (χ1n) is 8.48. The largest absolute Gasteiger partial charge is 0.497 e. The van der Waals surface area contributed by atoms with Gasteiger partial charge in [-0.05, 0) is 36.9 Å². The molecule has 0 fully saturated rings. The number of methoxy groups -OCH3 is 1. The number of benzene rings is 2. The fraction of sp³-hybridized carbons (Fsp3) is 0.300. The molecule has 27 heavy (non-hydrogen) atoms. The lowest BCUT2D eigenvalue weighted by Crippen LogP contribution is -2.40. The van der Waals surface area contributed by atoms with Crippen LogP contribution in [-0.4, -0.2) is 55.9 Å². The lowest BCUT2D eigenvalue weighted by Gasteiger charge is -2.21. The summed E-state index contributed by atoms with van der Waals surface area (Å²) >= 11 is 5.98. The summed E-state index contributed by atoms with van der Waals surface area (Å²) in [7, 11) is 5.02. The zero-order chi connectivity index (χ0) is 19.8. The van der Waals surface area contributed by atoms with Crippen molar-refractivity contribution in [3.8, 4) is 5.75 Å². The van der Waals surface area contributed by atoms with Crippen molar-refractivity contribution < 1.29 is 14.3 Å². The van der Waals surface area contributed by atoms with Gasteiger partial charge in [0.25, 0.3) is 0 Å². The predicted octanol–water partition coefficient (Wildman–Crippen LogP) is 2.88. The minimum atomic E-state index is -0.267. The molecule has 0 saturated heterocycles. The first kappa shape index (κ1) is 20.7. The highest BCUT2D eigenvalue weighted by molar-refractivity contribution is 6.30. The third-order valence-electron chi connectivity index (χ3n) is 3.91. The van der Waals surface area contributed by atoms with E-state index in [1.807, 2.05) is 36.2 Å². The van der Waals surface area contributed by atoms with Gasteiger partial charge in [0, 0.05) is 30.4 Å². The van der Waals surface area contributed by atoms with E-state index in [0.29, 0.717) is 23.0 Å². The zero-order valence-corrected chi connectivity index (χ0v) is 16.5. The summed E-state index contributed by atoms with van der Waals surface area (Å²) in [4.78, 5) is 27.8. The Labute approximate surface area is 164 Å². The standard InChI is InChI=1S/C20H24ClN3O3/c1-23(12-15-6-4-7-16(21)10-15)14-20(26)24(2)13-19(25)22-17-8-5-9-18(11-17)27-3/h4-11H,12-14H2,1-3H3,(H,22,25). The van der Waals surface area contributed by atoms with Gasteiger partial charge in [0.2, 0.25) is 11.8 Å². The number of carbonyl (C=O) groups is 2. The lowest BCUT2D eigenvalue weighted by molar-refractivity contribution is -0.134. The van der Waals surface area contributed by atoms with Crippen LogP contribution in [0, 0.1) is 0 Å². The van der Waals surface area contributed by atoms with E-state index in [2.05, 4.69) is 5.32 Å². The highest BCUT2D eigenvalue weighted by Gasteiger charge is 2.15. The van der Waals surface area contributed by atoms with E-state index in [1.165, 1.54) is 4.90 Å². The number of rotatable bonds is 8. The van der Waals surface area contributed by atoms with Crippen molar-refractivity contribution >= 4 is 29.1 Å². The number of ether oxygens (including phenoxy) is 1. The number of nitrogens with one attached hydrogen (secondary N) is 1. The predicted molar refractivity (Wildman–Crippen MR) is 107 cm³/mol. The lowest BCUT2D eigenvalue weighted by atomic mass is 10.2. The summed E-state index contributed by atoms with van der Waals surface area (Å²) in [6.07, 6.45) is 0. The second-order valence-corrected chi connectivity index (χ2v) is 6.77. The van der Waals surface area contributed by atoms with Gasteiger partial charge in [-0.1, -0.05) is 29.8 Å². The Balaban J connectivity index is 1.82. The Kier molecular flexibility index (Phi) is 7.64. The topological polar surface area (TPSA) is 61.9 Å². The van der Waals surface area contributed by atoms with E-state index in [0.717, 1.165) is 5.56 Å². The van der Waals surface area contributed by atoms with E-state index in [-0.39, 0.29) is 24.9 Å². The van der Waals surface area contributed by atoms with Crippen molar-refractivity contribution in [1.82, 2.24) is 9.80 Å². The van der Waals surface area contributed by atoms with Crippen molar-refractivity contribution in [3.05, 3.63) is 59.1 Å². The van der Waals surface area contributed by atoms with Gasteiger partial charge in [-0.15, -0.1) is 0 Å². The number of likely N-dealkylation sites (N-methyl/N-ethyl adjacent to an activating group) is 2. The minimum Gasteiger partial charge on any atom is -0.497 e. The van der Waals surface area contributed by atoms with Crippen molar-refractivity contribution in [3.63, 3.8) is 0 Å². The van der Waals surface area contributed by atoms with E-state index in [1.54, 1.807) is 38.4 Å². The molecule has 0 aromatic heterocycles. The SMILES string of the molecule is COc1cccc(NC(=O)CN(C)C(=O)CN(C)Cc2cccc(Cl)c2)c1. The number of nitrogens with zero attached hydrogens (tertiary/aromatic N) is 2. The maximum Gasteiger partial charge on any atom is 0.243 e. The fourth-order valence-electron chi connectivity index (χ4n) is 2.56. The smallest absolute Gasteiger partial charge is 0.243 e. The molecule has 0 aliphatic heterocycles. The van der Waals surface area contributed by atoms with Gasteiger partial charge in [0.1, 0.15) is 5.75 Å². The normalized spacial score (nSPS) is 10.6. The van der Waals surface area contributed by atoms with Crippen molar-refractivity contribution in [1.29, 1.82) is 0 Å². The molecule has 2 aromatic rings. The molecule has 0 radical (unpaired) electrons. The summed E-state index contributed by atoms with van der Waals surface area (Å²) in [5.41, 5.74) is 1.65. The van der Waals surface area contributed by atoms with E-state index >= 15 is 0 Å². The Bertz CT molecular complexity index is 798. The molecule has 144 valence electrons. The average Bonchev–Trinajstić information content (AvgIpc) is 2.61. The van der Waals surface area contributed by atoms with Gasteiger partial charge in [0.05, 0.1) is 20.2 Å². The number of anilines is 1. The van der Waals surface area contributed by atoms with E-state index in [9.17, 15) is 9.59 Å². The third-order valence-corrected chi connectivity index (χ3v) is 4.14. The first-order valence-corrected chi connectivity index (χ1v) is 8.86. The van der Waals surface area contributed by atoms with Gasteiger partial charge in [0.15, 0.2) is 0 Å². The second-order valence-electron chi connectivity index (χ2n) is 6.33. The molecule has 0 saturated carbocycles. The van der Waals surface area contributed by atoms with Crippen LogP contribution in [0.15, 0.2) is 48.5 Å². The molecule has 0 atom stereocenters. The maximum atomic E-state index is 12.4. The molecule has 0 aliphatic carbocycles. The van der Waals surface area contributed by atoms with Crippen LogP contribution < -0.4 is 10.1 Å². The Morgan fingerprint density at radius 2 is 1.81 bits per heavy atom. The summed E-state index contributed by atoms with van der Waals surface area (Å²) in [5.74, 6) is 0.247. The molecular formula is C20H24ClN3O3. The van der Waals surface area contributed by atoms with Gasteiger partial charge >= 0.3 is 0 Å². The Hall–Kier alpha value is -2.57. The molecule has 7 heteroatoms. The van der Waals surface area contributed by atoms with Gasteiger partial charge in [-0.2, -0.15) is 0 Å². The number of hydrogen-bond donors (Lipinski definition) is 1. The molecule has 0 aliphatic rings. The molecule has 2 aromatic carbocycles. The molecule has 2 amide bonds. The molecule has 6 nitrogen and oxygen atoms in total. The minimum absolute atomic E-state index is 0.0267. The third kappa shape index (κ3) is 6.92. The molecule has 0 spiro atoms. The molecule has 0 unspecified atom stereocenters. The highest BCUT2D eigenvalue weighted by atomic mass is 35.5. The molecule has 1 N–H and O–H groups in total. The first-order chi connectivity index (χ1) is 12.9. The zero-order valence-electron chi connectivity index (χ0n) is 15.7. The average molecular weight is 390 g/mol. The van der Waals surface area contributed by atoms with Crippen LogP contribution >= 0.6 is 11.6 Å². The summed E-state index contributed by atoms with van der Waals surface area (Å²) in [5, 5.41) is 3.43.